The van der Waals surface area contributed by atoms with E-state index >= 15 is 0 Å². The summed E-state index contributed by atoms with van der Waals surface area (Å²) in [5.41, 5.74) is 0. The van der Waals surface area contributed by atoms with E-state index in [2.05, 4.69) is 31.4 Å². The molecule has 0 bridgehead atoms. The van der Waals surface area contributed by atoms with Crippen LogP contribution in [0, 0.1) is 0 Å². The Hall–Kier alpha value is 0.860. The number of hydrogen-bond acceptors (Lipinski definition) is 2. The summed E-state index contributed by atoms with van der Waals surface area (Å²) in [6.45, 7) is 1.60. The van der Waals surface area contributed by atoms with Gasteiger partial charge in [-0.1, -0.05) is 0 Å². The Morgan fingerprint density at radius 1 is 1.67 bits per heavy atom. The highest BCUT2D eigenvalue weighted by Gasteiger charge is 2.10. The molecule has 0 aromatic rings. The first-order valence-electron chi connectivity index (χ1n) is 2.36. The van der Waals surface area contributed by atoms with Crippen molar-refractivity contribution >= 4 is 42.0 Å². The lowest BCUT2D eigenvalue weighted by Gasteiger charge is -1.98. The summed E-state index contributed by atoms with van der Waals surface area (Å²) in [4.78, 5) is 10.3. The van der Waals surface area contributed by atoms with Gasteiger partial charge in [-0.3, -0.25) is 4.79 Å². The van der Waals surface area contributed by atoms with Crippen molar-refractivity contribution in [3.63, 3.8) is 0 Å². The lowest BCUT2D eigenvalue weighted by Crippen LogP contribution is -1.89. The van der Waals surface area contributed by atoms with Gasteiger partial charge < -0.3 is 4.57 Å². The van der Waals surface area contributed by atoms with Crippen LogP contribution < -0.4 is 0 Å². The Morgan fingerprint density at radius 3 is 2.22 bits per heavy atom. The topological polar surface area (TPSA) is 34.1 Å². The van der Waals surface area contributed by atoms with Crippen LogP contribution in [0.2, 0.25) is 0 Å². The molecule has 0 saturated carbocycles. The van der Waals surface area contributed by atoms with Crippen molar-refractivity contribution < 1.29 is 9.36 Å². The van der Waals surface area contributed by atoms with E-state index in [1.54, 1.807) is 6.66 Å². The van der Waals surface area contributed by atoms with Crippen LogP contribution in [-0.4, -0.2) is 17.5 Å². The molecule has 0 aliphatic heterocycles. The molecule has 54 valence electrons. The molecule has 0 aromatic carbocycles. The van der Waals surface area contributed by atoms with Crippen LogP contribution in [0.5, 0.6) is 0 Å². The Labute approximate surface area is 70.6 Å². The first kappa shape index (κ1) is 9.86. The highest BCUT2D eigenvalue weighted by atomic mass is 79.9. The number of halogens is 2. The van der Waals surface area contributed by atoms with Crippen LogP contribution in [0.25, 0.3) is 0 Å². The summed E-state index contributed by atoms with van der Waals surface area (Å²) in [5, 5.41) is 0. The van der Waals surface area contributed by atoms with Crippen LogP contribution in [0.15, 0.2) is 0 Å². The first-order valence-corrected chi connectivity index (χ1v) is 7.51. The number of carbonyl (C=O) groups is 1. The first-order chi connectivity index (χ1) is 3.92. The molecule has 1 atom stereocenters. The zero-order valence-corrected chi connectivity index (χ0v) is 9.00. The quantitative estimate of drug-likeness (QED) is 0.587. The predicted molar refractivity (Wildman–Crippen MR) is 45.9 cm³/mol. The number of rotatable bonds is 3. The molecule has 0 aliphatic rings. The van der Waals surface area contributed by atoms with Crippen molar-refractivity contribution in [2.45, 2.75) is 6.42 Å². The van der Waals surface area contributed by atoms with E-state index < -0.39 is 5.84 Å². The fourth-order valence-electron chi connectivity index (χ4n) is 0.288. The smallest absolute Gasteiger partial charge is 0.198 e. The van der Waals surface area contributed by atoms with Crippen LogP contribution in [0.4, 0.5) is 0 Å². The van der Waals surface area contributed by atoms with Gasteiger partial charge in [0.1, 0.15) is 5.84 Å². The van der Waals surface area contributed by atoms with E-state index in [-0.39, 0.29) is 4.69 Å². The summed E-state index contributed by atoms with van der Waals surface area (Å²) < 4.78 is 10.8. The van der Waals surface area contributed by atoms with Crippen molar-refractivity contribution in [2.24, 2.45) is 0 Å². The Balaban J connectivity index is 3.53. The van der Waals surface area contributed by atoms with Crippen molar-refractivity contribution in [3.8, 4) is 0 Å². The maximum atomic E-state index is 10.9. The predicted octanol–water partition coefficient (Wildman–Crippen LogP) is 2.60. The second-order valence-electron chi connectivity index (χ2n) is 1.81. The highest BCUT2D eigenvalue weighted by molar-refractivity contribution is 9.40. The van der Waals surface area contributed by atoms with Gasteiger partial charge in [-0.05, 0) is 38.1 Å². The average Bonchev–Trinajstić information content (AvgIpc) is 1.59. The second kappa shape index (κ2) is 3.89. The van der Waals surface area contributed by atoms with E-state index in [9.17, 15) is 9.36 Å². The summed E-state index contributed by atoms with van der Waals surface area (Å²) in [5.74, 6) is -2.16. The normalized spacial score (nSPS) is 16.8. The molecule has 0 fully saturated rings. The zero-order chi connectivity index (χ0) is 7.49. The second-order valence-corrected chi connectivity index (χ2v) is 9.62. The molecule has 0 saturated heterocycles. The Bertz CT molecular complexity index is 151. The number of carbonyl (C=O) groups excluding carboxylic acids is 1. The van der Waals surface area contributed by atoms with Gasteiger partial charge in [-0.25, -0.2) is 0 Å². The molecule has 0 aliphatic carbocycles. The summed E-state index contributed by atoms with van der Waals surface area (Å²) in [6.07, 6.45) is 0.760. The maximum absolute atomic E-state index is 10.9. The van der Waals surface area contributed by atoms with Gasteiger partial charge >= 0.3 is 0 Å². The SMILES string of the molecule is CP(=O)(Br)CCC(=O)Br. The van der Waals surface area contributed by atoms with E-state index in [4.69, 9.17) is 0 Å². The summed E-state index contributed by atoms with van der Waals surface area (Å²) >= 11 is 5.74. The molecule has 2 nitrogen and oxygen atoms in total. The van der Waals surface area contributed by atoms with E-state index in [0.29, 0.717) is 12.6 Å². The molecular weight excluding hydrogens is 271 g/mol. The van der Waals surface area contributed by atoms with Crippen LogP contribution in [0.1, 0.15) is 6.42 Å². The lowest BCUT2D eigenvalue weighted by molar-refractivity contribution is -0.110. The van der Waals surface area contributed by atoms with E-state index in [1.807, 2.05) is 0 Å². The molecular formula is C4H7Br2O2P. The molecule has 9 heavy (non-hydrogen) atoms. The standard InChI is InChI=1S/C4H7Br2O2P/c1-9(6,8)3-2-4(5)7/h2-3H2,1H3. The van der Waals surface area contributed by atoms with Crippen molar-refractivity contribution in [2.75, 3.05) is 12.8 Å². The minimum Gasteiger partial charge on any atom is -0.312 e. The Morgan fingerprint density at radius 2 is 2.11 bits per heavy atom. The molecule has 0 N–H and O–H groups in total. The van der Waals surface area contributed by atoms with Crippen molar-refractivity contribution in [1.29, 1.82) is 0 Å². The maximum Gasteiger partial charge on any atom is 0.198 e. The molecule has 0 heterocycles. The molecule has 0 spiro atoms. The minimum atomic E-state index is -2.16. The zero-order valence-electron chi connectivity index (χ0n) is 4.93. The van der Waals surface area contributed by atoms with E-state index in [0.717, 1.165) is 0 Å². The highest BCUT2D eigenvalue weighted by Crippen LogP contribution is 2.50. The molecule has 0 amide bonds. The van der Waals surface area contributed by atoms with Gasteiger partial charge in [-0.15, -0.1) is 0 Å². The van der Waals surface area contributed by atoms with Crippen molar-refractivity contribution in [1.82, 2.24) is 0 Å². The van der Waals surface area contributed by atoms with E-state index in [1.165, 1.54) is 0 Å². The largest absolute Gasteiger partial charge is 0.312 e. The molecule has 5 heteroatoms. The fourth-order valence-corrected chi connectivity index (χ4v) is 1.93. The summed E-state index contributed by atoms with van der Waals surface area (Å²) in [6, 6.07) is 0. The monoisotopic (exact) mass is 276 g/mol. The van der Waals surface area contributed by atoms with Crippen LogP contribution >= 0.6 is 37.3 Å². The number of hydrogen-bond donors (Lipinski definition) is 0. The lowest BCUT2D eigenvalue weighted by atomic mass is 10.6. The summed E-state index contributed by atoms with van der Waals surface area (Å²) in [7, 11) is 0. The third-order valence-electron chi connectivity index (χ3n) is 0.708. The molecule has 0 aromatic heterocycles. The van der Waals surface area contributed by atoms with Crippen molar-refractivity contribution in [3.05, 3.63) is 0 Å². The van der Waals surface area contributed by atoms with Crippen LogP contribution in [-0.2, 0) is 9.36 Å². The minimum absolute atomic E-state index is 0.0935. The van der Waals surface area contributed by atoms with Gasteiger partial charge in [0.2, 0.25) is 0 Å². The Kier molecular flexibility index (Phi) is 4.26. The van der Waals surface area contributed by atoms with Gasteiger partial charge in [0.15, 0.2) is 4.69 Å². The molecule has 0 radical (unpaired) electrons. The van der Waals surface area contributed by atoms with Gasteiger partial charge in [0.05, 0.1) is 0 Å². The van der Waals surface area contributed by atoms with Crippen LogP contribution in [0.3, 0.4) is 0 Å². The van der Waals surface area contributed by atoms with Gasteiger partial charge in [0, 0.05) is 12.6 Å². The average molecular weight is 278 g/mol. The third kappa shape index (κ3) is 8.86. The third-order valence-corrected chi connectivity index (χ3v) is 3.19. The molecule has 0 rings (SSSR count). The van der Waals surface area contributed by atoms with Gasteiger partial charge in [0.25, 0.3) is 0 Å². The van der Waals surface area contributed by atoms with Gasteiger partial charge in [-0.2, -0.15) is 0 Å². The molecule has 1 unspecified atom stereocenters. The fraction of sp³-hybridized carbons (Fsp3) is 0.750.